The normalized spacial score (nSPS) is 11.2. The molecule has 6 nitrogen and oxygen atoms in total. The first-order chi connectivity index (χ1) is 14.0. The fourth-order valence-corrected chi connectivity index (χ4v) is 3.75. The topological polar surface area (TPSA) is 80.9 Å². The highest BCUT2D eigenvalue weighted by molar-refractivity contribution is 7.09. The van der Waals surface area contributed by atoms with Gasteiger partial charge in [-0.3, -0.25) is 4.98 Å². The van der Waals surface area contributed by atoms with Gasteiger partial charge in [-0.05, 0) is 25.1 Å². The molecule has 0 spiro atoms. The van der Waals surface area contributed by atoms with E-state index in [1.165, 1.54) is 19.5 Å². The number of hydrogen-bond donors (Lipinski definition) is 0. The molecule has 0 aliphatic rings. The van der Waals surface area contributed by atoms with Crippen LogP contribution in [0.3, 0.4) is 0 Å². The van der Waals surface area contributed by atoms with Crippen LogP contribution in [-0.4, -0.2) is 28.7 Å². The van der Waals surface area contributed by atoms with Crippen LogP contribution in [0.25, 0.3) is 11.6 Å². The Morgan fingerprint density at radius 2 is 2.03 bits per heavy atom. The summed E-state index contributed by atoms with van der Waals surface area (Å²) in [6.07, 6.45) is 5.21. The van der Waals surface area contributed by atoms with E-state index in [-0.39, 0.29) is 5.57 Å². The Kier molecular flexibility index (Phi) is 7.04. The molecule has 0 bridgehead atoms. The van der Waals surface area contributed by atoms with E-state index in [4.69, 9.17) is 32.7 Å². The predicted octanol–water partition coefficient (Wildman–Crippen LogP) is 5.24. The number of thiazole rings is 1. The van der Waals surface area contributed by atoms with Crippen molar-refractivity contribution >= 4 is 46.2 Å². The molecular formula is C20H16Cl2N4O2S. The molecule has 3 aromatic rings. The summed E-state index contributed by atoms with van der Waals surface area (Å²) >= 11 is 13.9. The number of nitriles is 1. The minimum absolute atomic E-state index is 0.283. The predicted molar refractivity (Wildman–Crippen MR) is 115 cm³/mol. The first kappa shape index (κ1) is 21.1. The third-order valence-electron chi connectivity index (χ3n) is 4.03. The van der Waals surface area contributed by atoms with Crippen LogP contribution in [0.2, 0.25) is 10.0 Å². The molecule has 29 heavy (non-hydrogen) atoms. The minimum Gasteiger partial charge on any atom is -0.491 e. The van der Waals surface area contributed by atoms with Crippen LogP contribution in [0.15, 0.2) is 30.0 Å². The molecule has 0 aromatic carbocycles. The maximum absolute atomic E-state index is 9.63. The summed E-state index contributed by atoms with van der Waals surface area (Å²) in [7, 11) is 1.54. The lowest BCUT2D eigenvalue weighted by Gasteiger charge is -2.11. The zero-order valence-corrected chi connectivity index (χ0v) is 18.0. The second kappa shape index (κ2) is 9.70. The van der Waals surface area contributed by atoms with Crippen LogP contribution in [0.1, 0.15) is 21.8 Å². The Hall–Kier alpha value is -2.66. The van der Waals surface area contributed by atoms with Crippen LogP contribution >= 0.6 is 34.5 Å². The quantitative estimate of drug-likeness (QED) is 0.461. The summed E-state index contributed by atoms with van der Waals surface area (Å²) in [6, 6.07) is 5.51. The number of aryl methyl sites for hydroxylation is 1. The van der Waals surface area contributed by atoms with Crippen molar-refractivity contribution in [3.8, 4) is 17.7 Å². The Labute approximate surface area is 182 Å². The monoisotopic (exact) mass is 446 g/mol. The van der Waals surface area contributed by atoms with E-state index in [1.54, 1.807) is 29.5 Å². The summed E-state index contributed by atoms with van der Waals surface area (Å²) in [5.74, 6) is 0.785. The zero-order valence-electron chi connectivity index (χ0n) is 15.6. The lowest BCUT2D eigenvalue weighted by Crippen LogP contribution is -2.05. The smallest absolute Gasteiger partial charge is 0.257 e. The summed E-state index contributed by atoms with van der Waals surface area (Å²) in [5.41, 5.74) is 4.00. The van der Waals surface area contributed by atoms with Crippen molar-refractivity contribution in [3.63, 3.8) is 0 Å². The molecule has 0 amide bonds. The highest BCUT2D eigenvalue weighted by Crippen LogP contribution is 2.31. The van der Waals surface area contributed by atoms with Crippen LogP contribution in [0, 0.1) is 18.3 Å². The fraction of sp³-hybridized carbons (Fsp3) is 0.200. The Balaban J connectivity index is 1.87. The summed E-state index contributed by atoms with van der Waals surface area (Å²) in [5, 5.41) is 10.3. The number of ether oxygens (including phenoxy) is 2. The van der Waals surface area contributed by atoms with Crippen molar-refractivity contribution < 1.29 is 9.47 Å². The van der Waals surface area contributed by atoms with E-state index in [1.807, 2.05) is 12.4 Å². The lowest BCUT2D eigenvalue weighted by atomic mass is 10.1. The first-order valence-corrected chi connectivity index (χ1v) is 10.1. The molecule has 0 aliphatic heterocycles. The molecule has 0 N–H and O–H groups in total. The molecule has 9 heteroatoms. The standard InChI is InChI=1S/C20H16Cl2N4O2S/c1-12-19(29-11-25-12)5-6-28-20-18(27-2)4-3-17(26-20)13(8-23)7-14-15(21)9-24-10-16(14)22/h3-4,7,9-11H,5-6H2,1-2H3/b13-7+. The molecule has 0 atom stereocenters. The Bertz CT molecular complexity index is 1070. The number of rotatable bonds is 7. The molecular weight excluding hydrogens is 431 g/mol. The van der Waals surface area contributed by atoms with Gasteiger partial charge in [-0.25, -0.2) is 9.97 Å². The van der Waals surface area contributed by atoms with Gasteiger partial charge in [0.2, 0.25) is 0 Å². The zero-order chi connectivity index (χ0) is 20.8. The van der Waals surface area contributed by atoms with E-state index in [2.05, 4.69) is 21.0 Å². The van der Waals surface area contributed by atoms with Crippen LogP contribution in [0.4, 0.5) is 0 Å². The van der Waals surface area contributed by atoms with E-state index < -0.39 is 0 Å². The van der Waals surface area contributed by atoms with Gasteiger partial charge in [0.15, 0.2) is 5.75 Å². The SMILES string of the molecule is COc1ccc(/C(C#N)=C/c2c(Cl)cncc2Cl)nc1OCCc1scnc1C. The minimum atomic E-state index is 0.283. The van der Waals surface area contributed by atoms with Gasteiger partial charge in [-0.15, -0.1) is 11.3 Å². The number of pyridine rings is 2. The molecule has 0 aliphatic carbocycles. The van der Waals surface area contributed by atoms with Crippen molar-refractivity contribution in [2.45, 2.75) is 13.3 Å². The average molecular weight is 447 g/mol. The molecule has 148 valence electrons. The van der Waals surface area contributed by atoms with Crippen LogP contribution < -0.4 is 9.47 Å². The maximum atomic E-state index is 9.63. The number of halogens is 2. The third kappa shape index (κ3) is 5.04. The highest BCUT2D eigenvalue weighted by Gasteiger charge is 2.13. The van der Waals surface area contributed by atoms with Crippen molar-refractivity contribution in [1.29, 1.82) is 5.26 Å². The van der Waals surface area contributed by atoms with E-state index in [0.717, 1.165) is 10.6 Å². The van der Waals surface area contributed by atoms with Gasteiger partial charge in [0.25, 0.3) is 5.88 Å². The molecule has 3 heterocycles. The van der Waals surface area contributed by atoms with Crippen molar-refractivity contribution in [2.24, 2.45) is 0 Å². The van der Waals surface area contributed by atoms with Gasteiger partial charge in [0.1, 0.15) is 6.07 Å². The van der Waals surface area contributed by atoms with Crippen molar-refractivity contribution in [1.82, 2.24) is 15.0 Å². The van der Waals surface area contributed by atoms with Crippen molar-refractivity contribution in [2.75, 3.05) is 13.7 Å². The summed E-state index contributed by atoms with van der Waals surface area (Å²) in [6.45, 7) is 2.37. The molecule has 0 saturated heterocycles. The van der Waals surface area contributed by atoms with E-state index in [9.17, 15) is 5.26 Å². The second-order valence-electron chi connectivity index (χ2n) is 5.85. The van der Waals surface area contributed by atoms with Crippen molar-refractivity contribution in [3.05, 3.63) is 61.9 Å². The molecule has 3 aromatic heterocycles. The number of methoxy groups -OCH3 is 1. The molecule has 0 radical (unpaired) electrons. The Morgan fingerprint density at radius 1 is 1.28 bits per heavy atom. The van der Waals surface area contributed by atoms with E-state index in [0.29, 0.717) is 46.0 Å². The van der Waals surface area contributed by atoms with Crippen LogP contribution in [-0.2, 0) is 6.42 Å². The first-order valence-electron chi connectivity index (χ1n) is 8.51. The number of aromatic nitrogens is 3. The molecule has 0 unspecified atom stereocenters. The number of allylic oxidation sites excluding steroid dienone is 1. The van der Waals surface area contributed by atoms with Gasteiger partial charge in [0, 0.05) is 29.3 Å². The number of hydrogen-bond acceptors (Lipinski definition) is 7. The summed E-state index contributed by atoms with van der Waals surface area (Å²) < 4.78 is 11.2. The van der Waals surface area contributed by atoms with Gasteiger partial charge in [-0.1, -0.05) is 23.2 Å². The van der Waals surface area contributed by atoms with Gasteiger partial charge in [-0.2, -0.15) is 5.26 Å². The third-order valence-corrected chi connectivity index (χ3v) is 5.63. The molecule has 0 fully saturated rings. The average Bonchev–Trinajstić information content (AvgIpc) is 3.12. The molecule has 3 rings (SSSR count). The Morgan fingerprint density at radius 3 is 2.66 bits per heavy atom. The summed E-state index contributed by atoms with van der Waals surface area (Å²) in [4.78, 5) is 13.8. The fourth-order valence-electron chi connectivity index (χ4n) is 2.51. The van der Waals surface area contributed by atoms with Crippen LogP contribution in [0.5, 0.6) is 11.6 Å². The lowest BCUT2D eigenvalue weighted by molar-refractivity contribution is 0.286. The maximum Gasteiger partial charge on any atom is 0.257 e. The number of nitrogens with zero attached hydrogens (tertiary/aromatic N) is 4. The largest absolute Gasteiger partial charge is 0.491 e. The van der Waals surface area contributed by atoms with Gasteiger partial charge in [0.05, 0.1) is 46.2 Å². The molecule has 0 saturated carbocycles. The van der Waals surface area contributed by atoms with Gasteiger partial charge >= 0.3 is 0 Å². The van der Waals surface area contributed by atoms with Gasteiger partial charge < -0.3 is 9.47 Å². The van der Waals surface area contributed by atoms with E-state index >= 15 is 0 Å². The highest BCUT2D eigenvalue weighted by atomic mass is 35.5. The second-order valence-corrected chi connectivity index (χ2v) is 7.60.